The fourth-order valence-corrected chi connectivity index (χ4v) is 1.81. The molecule has 0 bridgehead atoms. The monoisotopic (exact) mass is 268 g/mol. The minimum Gasteiger partial charge on any atom is -0.461 e. The van der Waals surface area contributed by atoms with E-state index in [0.717, 1.165) is 6.07 Å². The summed E-state index contributed by atoms with van der Waals surface area (Å²) in [5.74, 6) is 0.369. The van der Waals surface area contributed by atoms with Gasteiger partial charge in [0, 0.05) is 5.56 Å². The predicted octanol–water partition coefficient (Wildman–Crippen LogP) is 4.10. The average Bonchev–Trinajstić information content (AvgIpc) is 2.75. The van der Waals surface area contributed by atoms with Crippen molar-refractivity contribution < 1.29 is 22.4 Å². The van der Waals surface area contributed by atoms with Gasteiger partial charge in [0.15, 0.2) is 0 Å². The standard InChI is InChI=1S/C14H11F3O2/c1-9(18)8-10-6-7-13(19-10)11-4-2-3-5-12(11)14(15,16)17/h2-7H,8H2,1H3. The molecule has 100 valence electrons. The topological polar surface area (TPSA) is 30.2 Å². The number of Topliss-reactive ketones (excluding diaryl/α,β-unsaturated/α-hetero) is 1. The molecule has 5 heteroatoms. The summed E-state index contributed by atoms with van der Waals surface area (Å²) in [6.07, 6.45) is -4.36. The van der Waals surface area contributed by atoms with Crippen molar-refractivity contribution in [1.82, 2.24) is 0 Å². The minimum absolute atomic E-state index is 0.0233. The van der Waals surface area contributed by atoms with E-state index in [1.54, 1.807) is 0 Å². The molecular weight excluding hydrogens is 257 g/mol. The lowest BCUT2D eigenvalue weighted by Crippen LogP contribution is -2.06. The summed E-state index contributed by atoms with van der Waals surface area (Å²) in [5.41, 5.74) is -0.775. The van der Waals surface area contributed by atoms with Crippen LogP contribution in [0.1, 0.15) is 18.2 Å². The molecule has 1 heterocycles. The highest BCUT2D eigenvalue weighted by Crippen LogP contribution is 2.37. The molecule has 0 saturated carbocycles. The normalized spacial score (nSPS) is 11.6. The van der Waals surface area contributed by atoms with Gasteiger partial charge in [-0.25, -0.2) is 0 Å². The van der Waals surface area contributed by atoms with Gasteiger partial charge in [0.1, 0.15) is 17.3 Å². The largest absolute Gasteiger partial charge is 0.461 e. The van der Waals surface area contributed by atoms with Crippen LogP contribution >= 0.6 is 0 Å². The zero-order valence-corrected chi connectivity index (χ0v) is 10.1. The molecule has 2 rings (SSSR count). The summed E-state index contributed by atoms with van der Waals surface area (Å²) in [6.45, 7) is 1.39. The van der Waals surface area contributed by atoms with Gasteiger partial charge < -0.3 is 4.42 Å². The van der Waals surface area contributed by atoms with Crippen molar-refractivity contribution in [2.45, 2.75) is 19.5 Å². The van der Waals surface area contributed by atoms with Crippen LogP contribution in [-0.4, -0.2) is 5.78 Å². The van der Waals surface area contributed by atoms with Crippen LogP contribution in [0.3, 0.4) is 0 Å². The van der Waals surface area contributed by atoms with E-state index in [0.29, 0.717) is 5.76 Å². The third-order valence-electron chi connectivity index (χ3n) is 2.58. The smallest absolute Gasteiger partial charge is 0.417 e. The van der Waals surface area contributed by atoms with Gasteiger partial charge in [-0.15, -0.1) is 0 Å². The van der Waals surface area contributed by atoms with E-state index >= 15 is 0 Å². The number of hydrogen-bond acceptors (Lipinski definition) is 2. The molecule has 0 unspecified atom stereocenters. The van der Waals surface area contributed by atoms with Gasteiger partial charge in [-0.3, -0.25) is 4.79 Å². The molecule has 1 aromatic carbocycles. The highest BCUT2D eigenvalue weighted by Gasteiger charge is 2.34. The fraction of sp³-hybridized carbons (Fsp3) is 0.214. The van der Waals surface area contributed by atoms with Crippen molar-refractivity contribution >= 4 is 5.78 Å². The summed E-state index contributed by atoms with van der Waals surface area (Å²) in [5, 5.41) is 0. The highest BCUT2D eigenvalue weighted by atomic mass is 19.4. The maximum absolute atomic E-state index is 12.9. The molecule has 2 nitrogen and oxygen atoms in total. The van der Waals surface area contributed by atoms with Crippen LogP contribution in [0.5, 0.6) is 0 Å². The Hall–Kier alpha value is -2.04. The Morgan fingerprint density at radius 1 is 1.16 bits per heavy atom. The van der Waals surface area contributed by atoms with Gasteiger partial charge in [-0.2, -0.15) is 13.2 Å². The van der Waals surface area contributed by atoms with Crippen molar-refractivity contribution in [3.8, 4) is 11.3 Å². The summed E-state index contributed by atoms with van der Waals surface area (Å²) in [4.78, 5) is 10.9. The Bertz CT molecular complexity index is 597. The third kappa shape index (κ3) is 3.05. The second kappa shape index (κ2) is 4.91. The quantitative estimate of drug-likeness (QED) is 0.839. The second-order valence-corrected chi connectivity index (χ2v) is 4.19. The predicted molar refractivity (Wildman–Crippen MR) is 63.5 cm³/mol. The molecule has 1 aromatic heterocycles. The second-order valence-electron chi connectivity index (χ2n) is 4.19. The first kappa shape index (κ1) is 13.4. The molecule has 2 aromatic rings. The van der Waals surface area contributed by atoms with Gasteiger partial charge in [-0.1, -0.05) is 18.2 Å². The number of benzene rings is 1. The lowest BCUT2D eigenvalue weighted by molar-refractivity contribution is -0.137. The van der Waals surface area contributed by atoms with E-state index in [1.807, 2.05) is 0 Å². The minimum atomic E-state index is -4.44. The van der Waals surface area contributed by atoms with Crippen LogP contribution in [0.4, 0.5) is 13.2 Å². The van der Waals surface area contributed by atoms with Crippen LogP contribution < -0.4 is 0 Å². The van der Waals surface area contributed by atoms with Crippen LogP contribution in [0.25, 0.3) is 11.3 Å². The lowest BCUT2D eigenvalue weighted by Gasteiger charge is -2.10. The van der Waals surface area contributed by atoms with Crippen molar-refractivity contribution in [2.24, 2.45) is 0 Å². The van der Waals surface area contributed by atoms with Crippen LogP contribution in [0.15, 0.2) is 40.8 Å². The van der Waals surface area contributed by atoms with E-state index in [-0.39, 0.29) is 23.5 Å². The first-order valence-electron chi connectivity index (χ1n) is 5.62. The molecule has 0 saturated heterocycles. The maximum atomic E-state index is 12.9. The molecule has 0 aliphatic rings. The Kier molecular flexibility index (Phi) is 3.46. The molecule has 0 spiro atoms. The number of hydrogen-bond donors (Lipinski definition) is 0. The van der Waals surface area contributed by atoms with Gasteiger partial charge in [0.2, 0.25) is 0 Å². The Morgan fingerprint density at radius 2 is 1.84 bits per heavy atom. The van der Waals surface area contributed by atoms with Crippen molar-refractivity contribution in [3.63, 3.8) is 0 Å². The number of rotatable bonds is 3. The summed E-state index contributed by atoms with van der Waals surface area (Å²) >= 11 is 0. The molecule has 0 aliphatic heterocycles. The van der Waals surface area contributed by atoms with Crippen molar-refractivity contribution in [3.05, 3.63) is 47.7 Å². The number of halogens is 3. The molecule has 0 N–H and O–H groups in total. The van der Waals surface area contributed by atoms with Gasteiger partial charge in [0.05, 0.1) is 12.0 Å². The molecular formula is C14H11F3O2. The summed E-state index contributed by atoms with van der Waals surface area (Å²) in [6, 6.07) is 8.15. The zero-order chi connectivity index (χ0) is 14.0. The van der Waals surface area contributed by atoms with E-state index < -0.39 is 11.7 Å². The first-order valence-corrected chi connectivity index (χ1v) is 5.62. The van der Waals surface area contributed by atoms with E-state index in [4.69, 9.17) is 4.42 Å². The Labute approximate surface area is 107 Å². The van der Waals surface area contributed by atoms with E-state index in [9.17, 15) is 18.0 Å². The Balaban J connectivity index is 2.42. The lowest BCUT2D eigenvalue weighted by atomic mass is 10.1. The summed E-state index contributed by atoms with van der Waals surface area (Å²) < 4.78 is 43.9. The molecule has 0 radical (unpaired) electrons. The molecule has 0 atom stereocenters. The number of carbonyl (C=O) groups is 1. The number of alkyl halides is 3. The van der Waals surface area contributed by atoms with Gasteiger partial charge in [0.25, 0.3) is 0 Å². The highest BCUT2D eigenvalue weighted by molar-refractivity contribution is 5.77. The van der Waals surface area contributed by atoms with Crippen LogP contribution in [0, 0.1) is 0 Å². The maximum Gasteiger partial charge on any atom is 0.417 e. The van der Waals surface area contributed by atoms with Crippen LogP contribution in [0.2, 0.25) is 0 Å². The van der Waals surface area contributed by atoms with E-state index in [2.05, 4.69) is 0 Å². The Morgan fingerprint density at radius 3 is 2.47 bits per heavy atom. The molecule has 0 fully saturated rings. The molecule has 19 heavy (non-hydrogen) atoms. The summed E-state index contributed by atoms with van der Waals surface area (Å²) in [7, 11) is 0. The molecule has 0 amide bonds. The van der Waals surface area contributed by atoms with Gasteiger partial charge >= 0.3 is 6.18 Å². The number of furan rings is 1. The first-order chi connectivity index (χ1) is 8.88. The average molecular weight is 268 g/mol. The fourth-order valence-electron chi connectivity index (χ4n) is 1.81. The van der Waals surface area contributed by atoms with Crippen molar-refractivity contribution in [1.29, 1.82) is 0 Å². The zero-order valence-electron chi connectivity index (χ0n) is 10.1. The van der Waals surface area contributed by atoms with Gasteiger partial charge in [-0.05, 0) is 25.1 Å². The number of ketones is 1. The van der Waals surface area contributed by atoms with E-state index in [1.165, 1.54) is 37.3 Å². The molecule has 0 aliphatic carbocycles. The number of carbonyl (C=O) groups excluding carboxylic acids is 1. The van der Waals surface area contributed by atoms with Crippen LogP contribution in [-0.2, 0) is 17.4 Å². The SMILES string of the molecule is CC(=O)Cc1ccc(-c2ccccc2C(F)(F)F)o1. The third-order valence-corrected chi connectivity index (χ3v) is 2.58. The van der Waals surface area contributed by atoms with Crippen molar-refractivity contribution in [2.75, 3.05) is 0 Å².